The summed E-state index contributed by atoms with van der Waals surface area (Å²) < 4.78 is 18.2. The molecule has 1 aromatic rings. The van der Waals surface area contributed by atoms with Gasteiger partial charge in [0.15, 0.2) is 11.2 Å². The minimum Gasteiger partial charge on any atom is -0.468 e. The van der Waals surface area contributed by atoms with Crippen molar-refractivity contribution in [2.45, 2.75) is 44.3 Å². The lowest BCUT2D eigenvalue weighted by Gasteiger charge is -2.45. The topological polar surface area (TPSA) is 66.9 Å². The first kappa shape index (κ1) is 19.5. The first-order chi connectivity index (χ1) is 12.8. The van der Waals surface area contributed by atoms with Crippen LogP contribution in [0.15, 0.2) is 24.3 Å². The van der Waals surface area contributed by atoms with Gasteiger partial charge >= 0.3 is 5.97 Å². The normalized spacial score (nSPS) is 27.5. The molecule has 27 heavy (non-hydrogen) atoms. The molecule has 3 rings (SSSR count). The second-order valence-electron chi connectivity index (χ2n) is 7.60. The molecule has 2 saturated heterocycles. The van der Waals surface area contributed by atoms with Gasteiger partial charge in [-0.1, -0.05) is 12.1 Å². The van der Waals surface area contributed by atoms with Gasteiger partial charge in [-0.2, -0.15) is 0 Å². The van der Waals surface area contributed by atoms with Crippen molar-refractivity contribution in [2.75, 3.05) is 21.2 Å². The van der Waals surface area contributed by atoms with E-state index in [9.17, 15) is 18.8 Å². The molecular weight excluding hydrogens is 351 g/mol. The molecule has 3 unspecified atom stereocenters. The van der Waals surface area contributed by atoms with Crippen LogP contribution >= 0.6 is 0 Å². The lowest BCUT2D eigenvalue weighted by Crippen LogP contribution is -2.61. The van der Waals surface area contributed by atoms with Crippen molar-refractivity contribution in [3.63, 3.8) is 0 Å². The lowest BCUT2D eigenvalue weighted by atomic mass is 9.69. The Labute approximate surface area is 158 Å². The summed E-state index contributed by atoms with van der Waals surface area (Å²) in [7, 11) is 4.46. The minimum absolute atomic E-state index is 0.0276. The molecule has 0 N–H and O–H groups in total. The van der Waals surface area contributed by atoms with E-state index in [1.165, 1.54) is 24.1 Å². The first-order valence-corrected chi connectivity index (χ1v) is 9.11. The number of fused-ring (bicyclic) bond motifs is 2. The fraction of sp³-hybridized carbons (Fsp3) is 0.550. The fourth-order valence-corrected chi connectivity index (χ4v) is 4.42. The van der Waals surface area contributed by atoms with Gasteiger partial charge in [-0.15, -0.1) is 0 Å². The van der Waals surface area contributed by atoms with Crippen molar-refractivity contribution in [2.24, 2.45) is 5.41 Å². The fourth-order valence-electron chi connectivity index (χ4n) is 4.42. The number of methoxy groups -OCH3 is 1. The Morgan fingerprint density at radius 2 is 1.93 bits per heavy atom. The molecule has 6 nitrogen and oxygen atoms in total. The standard InChI is InChI=1S/C20H25FN2O4/c1-22(2)18(25)11-20(19(26)27-3)16-9-8-15(10-17(20)24)23(16)12-13-4-6-14(21)7-5-13/h4-7,15-16H,8-12H2,1-3H3. The summed E-state index contributed by atoms with van der Waals surface area (Å²) in [5, 5.41) is 0. The molecule has 1 amide bonds. The zero-order valence-electron chi connectivity index (χ0n) is 15.9. The average Bonchev–Trinajstić information content (AvgIpc) is 2.95. The van der Waals surface area contributed by atoms with Gasteiger partial charge in [0.1, 0.15) is 5.82 Å². The Balaban J connectivity index is 1.96. The van der Waals surface area contributed by atoms with Crippen molar-refractivity contribution in [3.8, 4) is 0 Å². The Kier molecular flexibility index (Phi) is 5.33. The van der Waals surface area contributed by atoms with Crippen LogP contribution in [0.5, 0.6) is 0 Å². The Morgan fingerprint density at radius 1 is 1.26 bits per heavy atom. The minimum atomic E-state index is -1.48. The predicted molar refractivity (Wildman–Crippen MR) is 96.1 cm³/mol. The van der Waals surface area contributed by atoms with Gasteiger partial charge in [-0.05, 0) is 30.5 Å². The van der Waals surface area contributed by atoms with Crippen LogP contribution in [0.2, 0.25) is 0 Å². The van der Waals surface area contributed by atoms with Crippen LogP contribution < -0.4 is 0 Å². The quantitative estimate of drug-likeness (QED) is 0.579. The molecule has 2 fully saturated rings. The number of carbonyl (C=O) groups is 3. The highest BCUT2D eigenvalue weighted by Gasteiger charge is 2.62. The number of halogens is 1. The van der Waals surface area contributed by atoms with E-state index in [1.54, 1.807) is 26.2 Å². The highest BCUT2D eigenvalue weighted by Crippen LogP contribution is 2.48. The molecule has 2 aliphatic heterocycles. The molecule has 2 bridgehead atoms. The van der Waals surface area contributed by atoms with E-state index in [0.717, 1.165) is 12.0 Å². The van der Waals surface area contributed by atoms with E-state index in [-0.39, 0.29) is 36.4 Å². The second kappa shape index (κ2) is 7.38. The maximum atomic E-state index is 13.2. The predicted octanol–water partition coefficient (Wildman–Crippen LogP) is 1.77. The summed E-state index contributed by atoms with van der Waals surface area (Å²) in [6.07, 6.45) is 1.45. The van der Waals surface area contributed by atoms with Gasteiger partial charge in [0.25, 0.3) is 0 Å². The summed E-state index contributed by atoms with van der Waals surface area (Å²) in [6, 6.07) is 5.83. The summed E-state index contributed by atoms with van der Waals surface area (Å²) in [5.41, 5.74) is -0.580. The van der Waals surface area contributed by atoms with Gasteiger partial charge in [0, 0.05) is 39.1 Å². The largest absolute Gasteiger partial charge is 0.468 e. The highest BCUT2D eigenvalue weighted by molar-refractivity contribution is 6.08. The smallest absolute Gasteiger partial charge is 0.321 e. The van der Waals surface area contributed by atoms with Crippen LogP contribution in [-0.2, 0) is 25.7 Å². The van der Waals surface area contributed by atoms with E-state index in [2.05, 4.69) is 4.90 Å². The third-order valence-electron chi connectivity index (χ3n) is 5.89. The van der Waals surface area contributed by atoms with E-state index in [4.69, 9.17) is 4.74 Å². The number of piperidine rings is 1. The molecule has 146 valence electrons. The lowest BCUT2D eigenvalue weighted by molar-refractivity contribution is -0.170. The zero-order valence-corrected chi connectivity index (χ0v) is 15.9. The van der Waals surface area contributed by atoms with Gasteiger partial charge in [0.05, 0.1) is 13.5 Å². The van der Waals surface area contributed by atoms with E-state index >= 15 is 0 Å². The molecule has 7 heteroatoms. The summed E-state index contributed by atoms with van der Waals surface area (Å²) in [5.74, 6) is -1.44. The van der Waals surface area contributed by atoms with Crippen LogP contribution in [0.25, 0.3) is 0 Å². The van der Waals surface area contributed by atoms with Gasteiger partial charge in [0.2, 0.25) is 5.91 Å². The summed E-state index contributed by atoms with van der Waals surface area (Å²) in [4.78, 5) is 41.8. The number of ketones is 1. The molecule has 3 atom stereocenters. The second-order valence-corrected chi connectivity index (χ2v) is 7.60. The Hall–Kier alpha value is -2.28. The Bertz CT molecular complexity index is 749. The molecule has 0 aromatic heterocycles. The number of nitrogens with zero attached hydrogens (tertiary/aromatic N) is 2. The average molecular weight is 376 g/mol. The number of hydrogen-bond donors (Lipinski definition) is 0. The van der Waals surface area contributed by atoms with Crippen molar-refractivity contribution in [1.29, 1.82) is 0 Å². The number of rotatable bonds is 5. The highest BCUT2D eigenvalue weighted by atomic mass is 19.1. The van der Waals surface area contributed by atoms with Crippen molar-refractivity contribution >= 4 is 17.7 Å². The third-order valence-corrected chi connectivity index (χ3v) is 5.89. The maximum absolute atomic E-state index is 13.2. The van der Waals surface area contributed by atoms with Gasteiger partial charge < -0.3 is 9.64 Å². The SMILES string of the molecule is COC(=O)C1(CC(=O)N(C)C)C(=O)CC2CCC1N2Cc1ccc(F)cc1. The monoisotopic (exact) mass is 376 g/mol. The number of benzene rings is 1. The van der Waals surface area contributed by atoms with Crippen LogP contribution in [0.1, 0.15) is 31.2 Å². The number of Topliss-reactive ketones (excluding diaryl/α,β-unsaturated/α-hetero) is 1. The molecular formula is C20H25FN2O4. The number of carbonyl (C=O) groups excluding carboxylic acids is 3. The Morgan fingerprint density at radius 3 is 2.52 bits per heavy atom. The molecule has 0 aliphatic carbocycles. The maximum Gasteiger partial charge on any atom is 0.321 e. The zero-order chi connectivity index (χ0) is 19.8. The van der Waals surface area contributed by atoms with E-state index in [1.807, 2.05) is 0 Å². The molecule has 1 aromatic carbocycles. The van der Waals surface area contributed by atoms with Crippen LogP contribution in [-0.4, -0.2) is 60.7 Å². The van der Waals surface area contributed by atoms with Crippen LogP contribution in [0.4, 0.5) is 4.39 Å². The van der Waals surface area contributed by atoms with E-state index < -0.39 is 17.4 Å². The number of ether oxygens (including phenoxy) is 1. The van der Waals surface area contributed by atoms with Crippen LogP contribution in [0.3, 0.4) is 0 Å². The van der Waals surface area contributed by atoms with Crippen LogP contribution in [0, 0.1) is 11.2 Å². The summed E-state index contributed by atoms with van der Waals surface area (Å²) >= 11 is 0. The van der Waals surface area contributed by atoms with Gasteiger partial charge in [-0.3, -0.25) is 19.3 Å². The molecule has 0 saturated carbocycles. The first-order valence-electron chi connectivity index (χ1n) is 9.11. The summed E-state index contributed by atoms with van der Waals surface area (Å²) in [6.45, 7) is 0.498. The van der Waals surface area contributed by atoms with Gasteiger partial charge in [-0.25, -0.2) is 4.39 Å². The van der Waals surface area contributed by atoms with E-state index in [0.29, 0.717) is 13.0 Å². The van der Waals surface area contributed by atoms with Crippen molar-refractivity contribution in [3.05, 3.63) is 35.6 Å². The molecule has 0 spiro atoms. The third kappa shape index (κ3) is 3.36. The number of amides is 1. The molecule has 2 aliphatic rings. The van der Waals surface area contributed by atoms with Crippen molar-refractivity contribution < 1.29 is 23.5 Å². The number of hydrogen-bond acceptors (Lipinski definition) is 5. The number of esters is 1. The molecule has 0 radical (unpaired) electrons. The van der Waals surface area contributed by atoms with Crippen molar-refractivity contribution in [1.82, 2.24) is 9.80 Å². The molecule has 2 heterocycles.